The molecule has 1 aliphatic heterocycles. The number of nitrogen functional groups attached to an aromatic ring is 1. The zero-order valence-corrected chi connectivity index (χ0v) is 18.2. The lowest BCUT2D eigenvalue weighted by Crippen LogP contribution is -2.52. The molecular weight excluding hydrogens is 409 g/mol. The van der Waals surface area contributed by atoms with Crippen molar-refractivity contribution >= 4 is 23.2 Å². The Morgan fingerprint density at radius 2 is 2.06 bits per heavy atom. The predicted octanol–water partition coefficient (Wildman–Crippen LogP) is 2.17. The van der Waals surface area contributed by atoms with E-state index in [1.54, 1.807) is 32.0 Å². The Kier molecular flexibility index (Phi) is 6.23. The minimum atomic E-state index is -0.693. The Labute approximate surface area is 186 Å². The number of benzene rings is 1. The Hall–Kier alpha value is -3.26. The second-order valence-corrected chi connectivity index (χ2v) is 8.44. The highest BCUT2D eigenvalue weighted by molar-refractivity contribution is 5.92. The van der Waals surface area contributed by atoms with Gasteiger partial charge in [0.15, 0.2) is 0 Å². The molecular formula is C24H28FN5O2. The Morgan fingerprint density at radius 1 is 1.25 bits per heavy atom. The van der Waals surface area contributed by atoms with Gasteiger partial charge in [-0.25, -0.2) is 9.37 Å². The average molecular weight is 438 g/mol. The van der Waals surface area contributed by atoms with Crippen molar-refractivity contribution in [3.63, 3.8) is 0 Å². The van der Waals surface area contributed by atoms with Gasteiger partial charge >= 0.3 is 0 Å². The summed E-state index contributed by atoms with van der Waals surface area (Å²) in [5.74, 6) is -0.298. The Morgan fingerprint density at radius 3 is 2.84 bits per heavy atom. The molecule has 4 rings (SSSR count). The normalized spacial score (nSPS) is 20.8. The molecule has 7 nitrogen and oxygen atoms in total. The third-order valence-corrected chi connectivity index (χ3v) is 6.08. The lowest BCUT2D eigenvalue weighted by atomic mass is 9.95. The van der Waals surface area contributed by atoms with Gasteiger partial charge in [-0.05, 0) is 73.6 Å². The number of halogens is 1. The molecule has 8 heteroatoms. The molecule has 0 unspecified atom stereocenters. The van der Waals surface area contributed by atoms with Crippen molar-refractivity contribution in [2.75, 3.05) is 12.3 Å². The van der Waals surface area contributed by atoms with E-state index in [-0.39, 0.29) is 23.7 Å². The third kappa shape index (κ3) is 4.65. The molecule has 5 N–H and O–H groups in total. The van der Waals surface area contributed by atoms with Gasteiger partial charge in [-0.3, -0.25) is 9.59 Å². The van der Waals surface area contributed by atoms with E-state index in [2.05, 4.69) is 20.9 Å². The van der Waals surface area contributed by atoms with E-state index in [9.17, 15) is 14.0 Å². The highest BCUT2D eigenvalue weighted by Crippen LogP contribution is 2.30. The maximum Gasteiger partial charge on any atom is 0.242 e. The molecule has 1 aromatic carbocycles. The number of fused-ring (bicyclic) bond motifs is 1. The molecule has 2 aliphatic rings. The van der Waals surface area contributed by atoms with Crippen molar-refractivity contribution < 1.29 is 14.0 Å². The summed E-state index contributed by atoms with van der Waals surface area (Å²) >= 11 is 0. The van der Waals surface area contributed by atoms with Crippen LogP contribution in [0.15, 0.2) is 36.4 Å². The summed E-state index contributed by atoms with van der Waals surface area (Å²) in [6.45, 7) is 4.01. The van der Waals surface area contributed by atoms with E-state index < -0.39 is 12.1 Å². The van der Waals surface area contributed by atoms with Crippen LogP contribution in [-0.4, -0.2) is 35.4 Å². The van der Waals surface area contributed by atoms with Gasteiger partial charge in [-0.2, -0.15) is 0 Å². The minimum Gasteiger partial charge on any atom is -0.384 e. The van der Waals surface area contributed by atoms with Gasteiger partial charge in [0.2, 0.25) is 11.8 Å². The van der Waals surface area contributed by atoms with Crippen LogP contribution in [0.5, 0.6) is 0 Å². The second kappa shape index (κ2) is 9.08. The van der Waals surface area contributed by atoms with Crippen LogP contribution in [0.25, 0.3) is 5.57 Å². The van der Waals surface area contributed by atoms with E-state index in [1.165, 1.54) is 6.07 Å². The van der Waals surface area contributed by atoms with Gasteiger partial charge in [0.05, 0.1) is 6.04 Å². The lowest BCUT2D eigenvalue weighted by molar-refractivity contribution is -0.129. The van der Waals surface area contributed by atoms with Crippen LogP contribution in [0, 0.1) is 12.7 Å². The standard InChI is InChI=1S/C24H28FN5O2/c1-13-11-15(3-5-18(13)25)16-9-10-27-21(12-16)24(32)28-14(2)23(31)30-20-7-6-19-17(20)4-8-22(26)29-19/h3-5,8,11-12,14,20-21,27H,6-7,9-10H2,1-2H3,(H2,26,29)(H,28,32)(H,30,31)/t14-,20+,21-/m0/s1. The van der Waals surface area contributed by atoms with Crippen molar-refractivity contribution in [1.29, 1.82) is 0 Å². The first-order valence-corrected chi connectivity index (χ1v) is 10.9. The molecule has 2 heterocycles. The van der Waals surface area contributed by atoms with Crippen LogP contribution >= 0.6 is 0 Å². The highest BCUT2D eigenvalue weighted by Gasteiger charge is 2.28. The molecule has 0 saturated carbocycles. The molecule has 2 aromatic rings. The smallest absolute Gasteiger partial charge is 0.242 e. The topological polar surface area (TPSA) is 109 Å². The summed E-state index contributed by atoms with van der Waals surface area (Å²) in [6.07, 6.45) is 4.10. The number of carbonyl (C=O) groups excluding carboxylic acids is 2. The number of anilines is 1. The predicted molar refractivity (Wildman–Crippen MR) is 121 cm³/mol. The largest absolute Gasteiger partial charge is 0.384 e. The highest BCUT2D eigenvalue weighted by atomic mass is 19.1. The van der Waals surface area contributed by atoms with Crippen molar-refractivity contribution in [2.45, 2.75) is 51.2 Å². The Bertz CT molecular complexity index is 1080. The van der Waals surface area contributed by atoms with E-state index in [0.29, 0.717) is 17.9 Å². The van der Waals surface area contributed by atoms with E-state index in [0.717, 1.165) is 41.7 Å². The summed E-state index contributed by atoms with van der Waals surface area (Å²) in [7, 11) is 0. The molecule has 168 valence electrons. The molecule has 3 atom stereocenters. The van der Waals surface area contributed by atoms with Crippen molar-refractivity contribution in [3.05, 3.63) is 64.6 Å². The van der Waals surface area contributed by atoms with E-state index >= 15 is 0 Å². The summed E-state index contributed by atoms with van der Waals surface area (Å²) in [6, 6.07) is 7.21. The van der Waals surface area contributed by atoms with Crippen LogP contribution in [0.1, 0.15) is 48.2 Å². The van der Waals surface area contributed by atoms with Crippen LogP contribution < -0.4 is 21.7 Å². The molecule has 1 aliphatic carbocycles. The van der Waals surface area contributed by atoms with Crippen molar-refractivity contribution in [3.8, 4) is 0 Å². The number of nitrogens with two attached hydrogens (primary N) is 1. The van der Waals surface area contributed by atoms with Crippen LogP contribution in [0.4, 0.5) is 10.2 Å². The maximum atomic E-state index is 13.6. The number of pyridine rings is 1. The summed E-state index contributed by atoms with van der Waals surface area (Å²) in [5, 5.41) is 8.96. The first-order valence-electron chi connectivity index (χ1n) is 10.9. The first-order chi connectivity index (χ1) is 15.3. The van der Waals surface area contributed by atoms with E-state index in [4.69, 9.17) is 5.73 Å². The van der Waals surface area contributed by atoms with Crippen molar-refractivity contribution in [2.24, 2.45) is 0 Å². The molecule has 0 spiro atoms. The number of rotatable bonds is 5. The van der Waals surface area contributed by atoms with Gasteiger partial charge in [0, 0.05) is 12.2 Å². The number of nitrogens with one attached hydrogen (secondary N) is 3. The SMILES string of the molecule is Cc1cc(C2=C[C@@H](C(=O)N[C@@H](C)C(=O)N[C@@H]3CCc4nc(N)ccc43)NCC2)ccc1F. The monoisotopic (exact) mass is 437 g/mol. The number of hydrogen-bond donors (Lipinski definition) is 4. The fourth-order valence-corrected chi connectivity index (χ4v) is 4.26. The van der Waals surface area contributed by atoms with Gasteiger partial charge < -0.3 is 21.7 Å². The van der Waals surface area contributed by atoms with Crippen LogP contribution in [-0.2, 0) is 16.0 Å². The fourth-order valence-electron chi connectivity index (χ4n) is 4.26. The summed E-state index contributed by atoms with van der Waals surface area (Å²) in [5.41, 5.74) is 10.1. The molecule has 1 aromatic heterocycles. The zero-order valence-electron chi connectivity index (χ0n) is 18.2. The number of amides is 2. The average Bonchev–Trinajstić information content (AvgIpc) is 3.17. The number of carbonyl (C=O) groups is 2. The summed E-state index contributed by atoms with van der Waals surface area (Å²) in [4.78, 5) is 29.8. The number of aromatic nitrogens is 1. The zero-order chi connectivity index (χ0) is 22.8. The third-order valence-electron chi connectivity index (χ3n) is 6.08. The van der Waals surface area contributed by atoms with Gasteiger partial charge in [0.1, 0.15) is 23.7 Å². The van der Waals surface area contributed by atoms with Crippen LogP contribution in [0.3, 0.4) is 0 Å². The van der Waals surface area contributed by atoms with E-state index in [1.807, 2.05) is 12.1 Å². The number of aryl methyl sites for hydroxylation is 2. The molecule has 0 fully saturated rings. The molecule has 0 radical (unpaired) electrons. The number of hydrogen-bond acceptors (Lipinski definition) is 5. The molecule has 0 saturated heterocycles. The molecule has 32 heavy (non-hydrogen) atoms. The molecule has 0 bridgehead atoms. The Balaban J connectivity index is 1.38. The maximum absolute atomic E-state index is 13.6. The van der Waals surface area contributed by atoms with Gasteiger partial charge in [-0.1, -0.05) is 18.2 Å². The first kappa shape index (κ1) is 22.0. The second-order valence-electron chi connectivity index (χ2n) is 8.44. The van der Waals surface area contributed by atoms with Crippen molar-refractivity contribution in [1.82, 2.24) is 20.9 Å². The quantitative estimate of drug-likeness (QED) is 0.573. The van der Waals surface area contributed by atoms with Crippen LogP contribution in [0.2, 0.25) is 0 Å². The van der Waals surface area contributed by atoms with Gasteiger partial charge in [-0.15, -0.1) is 0 Å². The fraction of sp³-hybridized carbons (Fsp3) is 0.375. The minimum absolute atomic E-state index is 0.133. The summed E-state index contributed by atoms with van der Waals surface area (Å²) < 4.78 is 13.6. The molecule has 2 amide bonds. The lowest BCUT2D eigenvalue weighted by Gasteiger charge is -2.25. The van der Waals surface area contributed by atoms with Gasteiger partial charge in [0.25, 0.3) is 0 Å². The number of nitrogens with zero attached hydrogens (tertiary/aromatic N) is 1.